The van der Waals surface area contributed by atoms with Crippen molar-refractivity contribution in [2.24, 2.45) is 4.99 Å². The standard InChI is InChI=1S/C16H19ClN4/c1-12(14-6-4-3-5-7-14)21-16(18-2)20-11-13-8-9-15(17)19-10-13/h3-10,12H,11H2,1-2H3,(H2,18,20,21). The van der Waals surface area contributed by atoms with Crippen LogP contribution in [0.15, 0.2) is 53.7 Å². The van der Waals surface area contributed by atoms with Crippen molar-refractivity contribution in [1.82, 2.24) is 15.6 Å². The van der Waals surface area contributed by atoms with Gasteiger partial charge in [-0.15, -0.1) is 0 Å². The maximum atomic E-state index is 5.77. The Morgan fingerprint density at radius 1 is 1.24 bits per heavy atom. The molecule has 0 amide bonds. The maximum Gasteiger partial charge on any atom is 0.191 e. The Labute approximate surface area is 130 Å². The second-order valence-corrected chi connectivity index (χ2v) is 5.08. The van der Waals surface area contributed by atoms with Crippen molar-refractivity contribution in [3.63, 3.8) is 0 Å². The molecule has 1 aromatic heterocycles. The van der Waals surface area contributed by atoms with Crippen molar-refractivity contribution in [2.45, 2.75) is 19.5 Å². The quantitative estimate of drug-likeness (QED) is 0.518. The molecule has 0 bridgehead atoms. The zero-order valence-electron chi connectivity index (χ0n) is 12.2. The average molecular weight is 303 g/mol. The molecule has 4 nitrogen and oxygen atoms in total. The summed E-state index contributed by atoms with van der Waals surface area (Å²) in [7, 11) is 1.76. The first-order chi connectivity index (χ1) is 10.2. The minimum atomic E-state index is 0.181. The van der Waals surface area contributed by atoms with Crippen LogP contribution in [-0.2, 0) is 6.54 Å². The summed E-state index contributed by atoms with van der Waals surface area (Å²) in [6.45, 7) is 2.75. The lowest BCUT2D eigenvalue weighted by Gasteiger charge is -2.18. The van der Waals surface area contributed by atoms with Crippen LogP contribution in [0, 0.1) is 0 Å². The summed E-state index contributed by atoms with van der Waals surface area (Å²) in [6, 6.07) is 14.2. The van der Waals surface area contributed by atoms with Crippen LogP contribution in [0.5, 0.6) is 0 Å². The van der Waals surface area contributed by atoms with Crippen LogP contribution in [0.4, 0.5) is 0 Å². The van der Waals surface area contributed by atoms with E-state index in [9.17, 15) is 0 Å². The van der Waals surface area contributed by atoms with Gasteiger partial charge in [-0.05, 0) is 24.1 Å². The van der Waals surface area contributed by atoms with E-state index in [1.807, 2.05) is 24.3 Å². The largest absolute Gasteiger partial charge is 0.352 e. The molecule has 2 aromatic rings. The minimum absolute atomic E-state index is 0.181. The van der Waals surface area contributed by atoms with Gasteiger partial charge in [0.05, 0.1) is 6.04 Å². The van der Waals surface area contributed by atoms with Gasteiger partial charge in [0.1, 0.15) is 5.15 Å². The van der Waals surface area contributed by atoms with Crippen molar-refractivity contribution in [3.8, 4) is 0 Å². The molecule has 1 heterocycles. The summed E-state index contributed by atoms with van der Waals surface area (Å²) >= 11 is 5.77. The van der Waals surface area contributed by atoms with E-state index >= 15 is 0 Å². The molecule has 1 unspecified atom stereocenters. The Morgan fingerprint density at radius 2 is 2.00 bits per heavy atom. The van der Waals surface area contributed by atoms with E-state index in [0.29, 0.717) is 11.7 Å². The number of rotatable bonds is 4. The molecule has 0 aliphatic carbocycles. The lowest BCUT2D eigenvalue weighted by molar-refractivity contribution is 0.685. The van der Waals surface area contributed by atoms with Crippen molar-refractivity contribution < 1.29 is 0 Å². The molecule has 21 heavy (non-hydrogen) atoms. The van der Waals surface area contributed by atoms with Crippen molar-refractivity contribution in [1.29, 1.82) is 0 Å². The van der Waals surface area contributed by atoms with Crippen LogP contribution >= 0.6 is 11.6 Å². The summed E-state index contributed by atoms with van der Waals surface area (Å²) in [6.07, 6.45) is 1.75. The van der Waals surface area contributed by atoms with Crippen LogP contribution < -0.4 is 10.6 Å². The van der Waals surface area contributed by atoms with E-state index in [1.165, 1.54) is 5.56 Å². The molecule has 0 saturated heterocycles. The Balaban J connectivity index is 1.90. The zero-order chi connectivity index (χ0) is 15.1. The van der Waals surface area contributed by atoms with Gasteiger partial charge in [0, 0.05) is 19.8 Å². The summed E-state index contributed by atoms with van der Waals surface area (Å²) in [5.74, 6) is 0.751. The molecule has 110 valence electrons. The van der Waals surface area contributed by atoms with Gasteiger partial charge in [-0.3, -0.25) is 4.99 Å². The number of aliphatic imine (C=N–C) groups is 1. The van der Waals surface area contributed by atoms with Gasteiger partial charge in [-0.25, -0.2) is 4.98 Å². The van der Waals surface area contributed by atoms with Gasteiger partial charge < -0.3 is 10.6 Å². The molecule has 2 N–H and O–H groups in total. The summed E-state index contributed by atoms with van der Waals surface area (Å²) < 4.78 is 0. The van der Waals surface area contributed by atoms with Gasteiger partial charge in [0.25, 0.3) is 0 Å². The fraction of sp³-hybridized carbons (Fsp3) is 0.250. The Bertz CT molecular complexity index is 581. The summed E-state index contributed by atoms with van der Waals surface area (Å²) in [4.78, 5) is 8.29. The summed E-state index contributed by atoms with van der Waals surface area (Å²) in [5.41, 5.74) is 2.27. The highest BCUT2D eigenvalue weighted by molar-refractivity contribution is 6.29. The molecule has 0 spiro atoms. The fourth-order valence-corrected chi connectivity index (χ4v) is 2.03. The third-order valence-electron chi connectivity index (χ3n) is 3.13. The van der Waals surface area contributed by atoms with E-state index in [-0.39, 0.29) is 6.04 Å². The third kappa shape index (κ3) is 4.76. The molecule has 0 aliphatic rings. The number of benzene rings is 1. The lowest BCUT2D eigenvalue weighted by atomic mass is 10.1. The van der Waals surface area contributed by atoms with Gasteiger partial charge in [0.15, 0.2) is 5.96 Å². The molecule has 1 atom stereocenters. The number of nitrogens with zero attached hydrogens (tertiary/aromatic N) is 2. The van der Waals surface area contributed by atoms with Gasteiger partial charge >= 0.3 is 0 Å². The normalized spacial score (nSPS) is 12.8. The van der Waals surface area contributed by atoms with Crippen LogP contribution in [0.25, 0.3) is 0 Å². The van der Waals surface area contributed by atoms with E-state index < -0.39 is 0 Å². The van der Waals surface area contributed by atoms with Crippen LogP contribution in [0.2, 0.25) is 5.15 Å². The Hall–Kier alpha value is -2.07. The number of guanidine groups is 1. The molecule has 0 fully saturated rings. The van der Waals surface area contributed by atoms with Crippen LogP contribution in [-0.4, -0.2) is 18.0 Å². The smallest absolute Gasteiger partial charge is 0.191 e. The van der Waals surface area contributed by atoms with Gasteiger partial charge in [0.2, 0.25) is 0 Å². The SMILES string of the molecule is CN=C(NCc1ccc(Cl)nc1)NC(C)c1ccccc1. The van der Waals surface area contributed by atoms with Gasteiger partial charge in [-0.2, -0.15) is 0 Å². The molecule has 0 radical (unpaired) electrons. The van der Waals surface area contributed by atoms with Crippen LogP contribution in [0.1, 0.15) is 24.1 Å². The van der Waals surface area contributed by atoms with Gasteiger partial charge in [-0.1, -0.05) is 48.0 Å². The zero-order valence-corrected chi connectivity index (χ0v) is 12.9. The molecule has 0 saturated carbocycles. The number of aromatic nitrogens is 1. The van der Waals surface area contributed by atoms with E-state index in [1.54, 1.807) is 19.3 Å². The first-order valence-electron chi connectivity index (χ1n) is 6.81. The Kier molecular flexibility index (Phi) is 5.58. The van der Waals surface area contributed by atoms with Crippen molar-refractivity contribution in [3.05, 3.63) is 64.9 Å². The minimum Gasteiger partial charge on any atom is -0.352 e. The fourth-order valence-electron chi connectivity index (χ4n) is 1.92. The predicted molar refractivity (Wildman–Crippen MR) is 87.4 cm³/mol. The second kappa shape index (κ2) is 7.64. The number of nitrogens with one attached hydrogen (secondary N) is 2. The number of pyridine rings is 1. The molecule has 2 rings (SSSR count). The molecule has 1 aromatic carbocycles. The number of hydrogen-bond acceptors (Lipinski definition) is 2. The van der Waals surface area contributed by atoms with E-state index in [0.717, 1.165) is 11.5 Å². The maximum absolute atomic E-state index is 5.77. The molecular formula is C16H19ClN4. The van der Waals surface area contributed by atoms with Crippen LogP contribution in [0.3, 0.4) is 0 Å². The van der Waals surface area contributed by atoms with Crippen molar-refractivity contribution in [2.75, 3.05) is 7.05 Å². The molecule has 0 aliphatic heterocycles. The first kappa shape index (κ1) is 15.3. The van der Waals surface area contributed by atoms with E-state index in [2.05, 4.69) is 39.7 Å². The number of hydrogen-bond donors (Lipinski definition) is 2. The highest BCUT2D eigenvalue weighted by Crippen LogP contribution is 2.10. The second-order valence-electron chi connectivity index (χ2n) is 4.69. The summed E-state index contributed by atoms with van der Waals surface area (Å²) in [5, 5.41) is 7.12. The topological polar surface area (TPSA) is 49.3 Å². The highest BCUT2D eigenvalue weighted by atomic mass is 35.5. The molecule has 5 heteroatoms. The average Bonchev–Trinajstić information content (AvgIpc) is 2.53. The predicted octanol–water partition coefficient (Wildman–Crippen LogP) is 3.16. The highest BCUT2D eigenvalue weighted by Gasteiger charge is 2.07. The molecular weight excluding hydrogens is 284 g/mol. The van der Waals surface area contributed by atoms with Crippen molar-refractivity contribution >= 4 is 17.6 Å². The van der Waals surface area contributed by atoms with E-state index in [4.69, 9.17) is 11.6 Å². The number of halogens is 1. The third-order valence-corrected chi connectivity index (χ3v) is 3.35. The monoisotopic (exact) mass is 302 g/mol. The first-order valence-corrected chi connectivity index (χ1v) is 7.19. The Morgan fingerprint density at radius 3 is 2.62 bits per heavy atom. The lowest BCUT2D eigenvalue weighted by Crippen LogP contribution is -2.38.